The lowest BCUT2D eigenvalue weighted by Gasteiger charge is -2.12. The van der Waals surface area contributed by atoms with Crippen LogP contribution in [0.15, 0.2) is 45.6 Å². The summed E-state index contributed by atoms with van der Waals surface area (Å²) in [6.45, 7) is 0. The molecular weight excluding hydrogens is 312 g/mol. The normalized spacial score (nSPS) is 10.6. The fraction of sp³-hybridized carbons (Fsp3) is 0.167. The van der Waals surface area contributed by atoms with Crippen molar-refractivity contribution in [2.24, 2.45) is 0 Å². The molecule has 124 valence electrons. The maximum absolute atomic E-state index is 12.4. The molecule has 3 rings (SSSR count). The molecule has 0 spiro atoms. The van der Waals surface area contributed by atoms with Crippen molar-refractivity contribution in [3.63, 3.8) is 0 Å². The molecule has 24 heavy (non-hydrogen) atoms. The minimum atomic E-state index is -0.293. The molecule has 0 saturated carbocycles. The summed E-state index contributed by atoms with van der Waals surface area (Å²) in [5.74, 6) is 1.17. The fourth-order valence-corrected chi connectivity index (χ4v) is 2.51. The van der Waals surface area contributed by atoms with E-state index in [4.69, 9.17) is 18.6 Å². The third-order valence-electron chi connectivity index (χ3n) is 3.69. The number of phenolic OH excluding ortho intramolecular Hbond substituents is 1. The summed E-state index contributed by atoms with van der Waals surface area (Å²) >= 11 is 0. The number of fused-ring (bicyclic) bond motifs is 1. The van der Waals surface area contributed by atoms with Gasteiger partial charge < -0.3 is 23.7 Å². The van der Waals surface area contributed by atoms with Gasteiger partial charge in [-0.15, -0.1) is 0 Å². The number of hydrogen-bond acceptors (Lipinski definition) is 6. The van der Waals surface area contributed by atoms with Crippen molar-refractivity contribution < 1.29 is 23.7 Å². The molecule has 0 saturated heterocycles. The standard InChI is InChI=1S/C18H16O6/c1-21-11-6-4-10(5-7-11)15-9-13(19)12-8-14(20)17(22-2)18(23-3)16(12)24-15/h4-9,20H,1-3H3. The van der Waals surface area contributed by atoms with Crippen molar-refractivity contribution in [1.29, 1.82) is 0 Å². The second kappa shape index (κ2) is 6.16. The van der Waals surface area contributed by atoms with Gasteiger partial charge in [-0.3, -0.25) is 4.79 Å². The topological polar surface area (TPSA) is 78.1 Å². The second-order valence-corrected chi connectivity index (χ2v) is 5.04. The van der Waals surface area contributed by atoms with Gasteiger partial charge >= 0.3 is 0 Å². The molecule has 0 aliphatic heterocycles. The minimum absolute atomic E-state index is 0.111. The van der Waals surface area contributed by atoms with Gasteiger partial charge in [-0.2, -0.15) is 0 Å². The van der Waals surface area contributed by atoms with Crippen molar-refractivity contribution in [2.45, 2.75) is 0 Å². The zero-order valence-electron chi connectivity index (χ0n) is 13.5. The monoisotopic (exact) mass is 328 g/mol. The average Bonchev–Trinajstić information content (AvgIpc) is 2.61. The van der Waals surface area contributed by atoms with Crippen LogP contribution in [-0.4, -0.2) is 26.4 Å². The Labute approximate surface area is 137 Å². The molecule has 0 fully saturated rings. The Bertz CT molecular complexity index is 940. The number of benzene rings is 2. The minimum Gasteiger partial charge on any atom is -0.504 e. The quantitative estimate of drug-likeness (QED) is 0.792. The van der Waals surface area contributed by atoms with Crippen molar-refractivity contribution in [2.75, 3.05) is 21.3 Å². The maximum atomic E-state index is 12.4. The summed E-state index contributed by atoms with van der Waals surface area (Å²) in [6.07, 6.45) is 0. The van der Waals surface area contributed by atoms with Crippen LogP contribution in [-0.2, 0) is 0 Å². The molecule has 0 unspecified atom stereocenters. The largest absolute Gasteiger partial charge is 0.504 e. The molecule has 1 N–H and O–H groups in total. The van der Waals surface area contributed by atoms with Gasteiger partial charge in [-0.05, 0) is 30.3 Å². The predicted octanol–water partition coefficient (Wildman–Crippen LogP) is 3.19. The summed E-state index contributed by atoms with van der Waals surface area (Å²) in [5, 5.41) is 10.2. The van der Waals surface area contributed by atoms with Gasteiger partial charge in [0.2, 0.25) is 11.5 Å². The summed E-state index contributed by atoms with van der Waals surface area (Å²) in [5.41, 5.74) is 0.632. The first kappa shape index (κ1) is 15.7. The summed E-state index contributed by atoms with van der Waals surface area (Å²) in [7, 11) is 4.39. The third kappa shape index (κ3) is 2.52. The van der Waals surface area contributed by atoms with Crippen molar-refractivity contribution >= 4 is 11.0 Å². The molecule has 1 heterocycles. The van der Waals surface area contributed by atoms with E-state index in [-0.39, 0.29) is 33.6 Å². The van der Waals surface area contributed by atoms with Crippen LogP contribution in [0.3, 0.4) is 0 Å². The van der Waals surface area contributed by atoms with Gasteiger partial charge in [0.05, 0.1) is 26.7 Å². The number of methoxy groups -OCH3 is 3. The van der Waals surface area contributed by atoms with E-state index in [0.717, 1.165) is 0 Å². The van der Waals surface area contributed by atoms with Crippen molar-refractivity contribution in [3.8, 4) is 34.3 Å². The molecule has 0 radical (unpaired) electrons. The zero-order valence-corrected chi connectivity index (χ0v) is 13.5. The predicted molar refractivity (Wildman–Crippen MR) is 89.2 cm³/mol. The Morgan fingerprint density at radius 3 is 2.17 bits per heavy atom. The molecule has 0 atom stereocenters. The van der Waals surface area contributed by atoms with Crippen molar-refractivity contribution in [3.05, 3.63) is 46.6 Å². The van der Waals surface area contributed by atoms with Gasteiger partial charge in [0.1, 0.15) is 11.5 Å². The van der Waals surface area contributed by atoms with E-state index >= 15 is 0 Å². The Balaban J connectivity index is 2.28. The SMILES string of the molecule is COc1ccc(-c2cc(=O)c3cc(O)c(OC)c(OC)c3o2)cc1. The van der Waals surface area contributed by atoms with Crippen LogP contribution in [0.5, 0.6) is 23.0 Å². The number of rotatable bonds is 4. The highest BCUT2D eigenvalue weighted by Crippen LogP contribution is 2.42. The zero-order chi connectivity index (χ0) is 17.3. The molecule has 0 amide bonds. The first-order chi connectivity index (χ1) is 11.6. The number of hydrogen-bond donors (Lipinski definition) is 1. The molecule has 6 nitrogen and oxygen atoms in total. The Kier molecular flexibility index (Phi) is 4.04. The van der Waals surface area contributed by atoms with E-state index in [2.05, 4.69) is 0 Å². The lowest BCUT2D eigenvalue weighted by atomic mass is 10.1. The summed E-state index contributed by atoms with van der Waals surface area (Å²) < 4.78 is 21.4. The van der Waals surface area contributed by atoms with E-state index in [9.17, 15) is 9.90 Å². The van der Waals surface area contributed by atoms with Gasteiger partial charge in [0.25, 0.3) is 0 Å². The lowest BCUT2D eigenvalue weighted by Crippen LogP contribution is -2.03. The number of aromatic hydroxyl groups is 1. The molecule has 3 aromatic rings. The van der Waals surface area contributed by atoms with Crippen LogP contribution in [0, 0.1) is 0 Å². The van der Waals surface area contributed by atoms with E-state index < -0.39 is 0 Å². The Morgan fingerprint density at radius 2 is 1.58 bits per heavy atom. The van der Waals surface area contributed by atoms with Crippen LogP contribution < -0.4 is 19.6 Å². The summed E-state index contributed by atoms with van der Waals surface area (Å²) in [4.78, 5) is 12.4. The second-order valence-electron chi connectivity index (χ2n) is 5.04. The first-order valence-corrected chi connectivity index (χ1v) is 7.15. The third-order valence-corrected chi connectivity index (χ3v) is 3.69. The van der Waals surface area contributed by atoms with Gasteiger partial charge in [0, 0.05) is 11.6 Å². The molecule has 1 aromatic heterocycles. The number of phenols is 1. The summed E-state index contributed by atoms with van der Waals surface area (Å²) in [6, 6.07) is 9.79. The van der Waals surface area contributed by atoms with Crippen LogP contribution in [0.4, 0.5) is 0 Å². The molecular formula is C18H16O6. The van der Waals surface area contributed by atoms with Gasteiger partial charge in [0.15, 0.2) is 16.8 Å². The van der Waals surface area contributed by atoms with E-state index in [1.165, 1.54) is 26.4 Å². The Hall–Kier alpha value is -3.15. The van der Waals surface area contributed by atoms with Gasteiger partial charge in [-0.1, -0.05) is 0 Å². The van der Waals surface area contributed by atoms with E-state index in [1.807, 2.05) is 0 Å². The average molecular weight is 328 g/mol. The molecule has 0 bridgehead atoms. The number of ether oxygens (including phenoxy) is 3. The fourth-order valence-electron chi connectivity index (χ4n) is 2.51. The highest BCUT2D eigenvalue weighted by Gasteiger charge is 2.19. The lowest BCUT2D eigenvalue weighted by molar-refractivity contribution is 0.332. The first-order valence-electron chi connectivity index (χ1n) is 7.15. The molecule has 6 heteroatoms. The molecule has 0 aliphatic rings. The Morgan fingerprint density at radius 1 is 0.917 bits per heavy atom. The van der Waals surface area contributed by atoms with Gasteiger partial charge in [-0.25, -0.2) is 0 Å². The van der Waals surface area contributed by atoms with Crippen LogP contribution in [0.1, 0.15) is 0 Å². The highest BCUT2D eigenvalue weighted by molar-refractivity contribution is 5.89. The van der Waals surface area contributed by atoms with E-state index in [1.54, 1.807) is 31.4 Å². The highest BCUT2D eigenvalue weighted by atomic mass is 16.5. The van der Waals surface area contributed by atoms with Crippen LogP contribution in [0.2, 0.25) is 0 Å². The smallest absolute Gasteiger partial charge is 0.208 e. The van der Waals surface area contributed by atoms with Crippen LogP contribution >= 0.6 is 0 Å². The molecule has 0 aliphatic carbocycles. The van der Waals surface area contributed by atoms with Crippen LogP contribution in [0.25, 0.3) is 22.3 Å². The maximum Gasteiger partial charge on any atom is 0.208 e. The van der Waals surface area contributed by atoms with Crippen molar-refractivity contribution in [1.82, 2.24) is 0 Å². The van der Waals surface area contributed by atoms with E-state index in [0.29, 0.717) is 17.1 Å². The molecule has 2 aromatic carbocycles.